The highest BCUT2D eigenvalue weighted by molar-refractivity contribution is 7.89. The monoisotopic (exact) mass is 255 g/mol. The van der Waals surface area contributed by atoms with Gasteiger partial charge in [0.2, 0.25) is 0 Å². The molecule has 2 saturated heterocycles. The van der Waals surface area contributed by atoms with Crippen molar-refractivity contribution in [2.75, 3.05) is 0 Å². The maximum atomic E-state index is 12.4. The largest absolute Gasteiger partial charge is 0.481 e. The van der Waals surface area contributed by atoms with Crippen LogP contribution in [0.15, 0.2) is 0 Å². The number of alkyl halides is 2. The Morgan fingerprint density at radius 2 is 2.00 bits per heavy atom. The van der Waals surface area contributed by atoms with Gasteiger partial charge in [-0.25, -0.2) is 8.42 Å². The van der Waals surface area contributed by atoms with Gasteiger partial charge in [0.1, 0.15) is 0 Å². The molecule has 16 heavy (non-hydrogen) atoms. The number of halogens is 2. The first-order valence-corrected chi connectivity index (χ1v) is 6.39. The Balaban J connectivity index is 2.30. The van der Waals surface area contributed by atoms with Crippen LogP contribution < -0.4 is 0 Å². The van der Waals surface area contributed by atoms with Gasteiger partial charge in [-0.15, -0.1) is 0 Å². The third kappa shape index (κ3) is 1.51. The summed E-state index contributed by atoms with van der Waals surface area (Å²) in [5, 5.41) is 8.85. The van der Waals surface area contributed by atoms with Crippen LogP contribution in [0.1, 0.15) is 19.3 Å². The number of sulfonamides is 1. The quantitative estimate of drug-likeness (QED) is 0.795. The molecular formula is C8H11F2NO4S. The fourth-order valence-corrected chi connectivity index (χ4v) is 4.11. The Hall–Kier alpha value is -0.760. The molecule has 0 radical (unpaired) electrons. The van der Waals surface area contributed by atoms with Gasteiger partial charge >= 0.3 is 11.7 Å². The van der Waals surface area contributed by atoms with E-state index in [2.05, 4.69) is 0 Å². The molecule has 5 nitrogen and oxygen atoms in total. The van der Waals surface area contributed by atoms with Gasteiger partial charge in [-0.1, -0.05) is 0 Å². The first kappa shape index (κ1) is 11.7. The minimum atomic E-state index is -4.64. The van der Waals surface area contributed by atoms with Crippen molar-refractivity contribution in [2.45, 2.75) is 37.1 Å². The van der Waals surface area contributed by atoms with Gasteiger partial charge in [0.15, 0.2) is 0 Å². The molecule has 0 aromatic heterocycles. The molecule has 2 heterocycles. The lowest BCUT2D eigenvalue weighted by Gasteiger charge is -2.21. The number of fused-ring (bicyclic) bond motifs is 2. The molecular weight excluding hydrogens is 244 g/mol. The lowest BCUT2D eigenvalue weighted by molar-refractivity contribution is -0.142. The van der Waals surface area contributed by atoms with Gasteiger partial charge in [0, 0.05) is 12.1 Å². The summed E-state index contributed by atoms with van der Waals surface area (Å²) in [6.07, 6.45) is 0.972. The first-order valence-electron chi connectivity index (χ1n) is 4.89. The first-order chi connectivity index (χ1) is 7.35. The minimum absolute atomic E-state index is 0.145. The zero-order valence-electron chi connectivity index (χ0n) is 8.21. The van der Waals surface area contributed by atoms with E-state index >= 15 is 0 Å². The summed E-state index contributed by atoms with van der Waals surface area (Å²) in [5.74, 6) is -5.42. The molecule has 0 aromatic rings. The molecule has 0 amide bonds. The van der Waals surface area contributed by atoms with Crippen LogP contribution in [0.2, 0.25) is 0 Å². The van der Waals surface area contributed by atoms with E-state index in [0.29, 0.717) is 12.8 Å². The third-order valence-electron chi connectivity index (χ3n) is 3.31. The molecule has 0 aromatic carbocycles. The molecule has 3 atom stereocenters. The van der Waals surface area contributed by atoms with E-state index in [1.165, 1.54) is 0 Å². The molecule has 92 valence electrons. The fraction of sp³-hybridized carbons (Fsp3) is 0.875. The van der Waals surface area contributed by atoms with E-state index in [-0.39, 0.29) is 6.42 Å². The number of aliphatic carboxylic acids is 1. The van der Waals surface area contributed by atoms with Crippen molar-refractivity contribution < 1.29 is 27.1 Å². The Morgan fingerprint density at radius 3 is 2.44 bits per heavy atom. The molecule has 0 saturated carbocycles. The van der Waals surface area contributed by atoms with Gasteiger partial charge in [-0.05, 0) is 19.3 Å². The van der Waals surface area contributed by atoms with Crippen LogP contribution in [0.25, 0.3) is 0 Å². The van der Waals surface area contributed by atoms with Crippen LogP contribution in [-0.4, -0.2) is 41.6 Å². The lowest BCUT2D eigenvalue weighted by atomic mass is 9.89. The van der Waals surface area contributed by atoms with E-state index in [0.717, 1.165) is 4.31 Å². The molecule has 2 bridgehead atoms. The van der Waals surface area contributed by atoms with Gasteiger partial charge in [0.05, 0.1) is 5.92 Å². The van der Waals surface area contributed by atoms with Crippen molar-refractivity contribution in [3.8, 4) is 0 Å². The fourth-order valence-electron chi connectivity index (χ4n) is 2.69. The normalized spacial score (nSPS) is 34.8. The predicted molar refractivity (Wildman–Crippen MR) is 49.3 cm³/mol. The van der Waals surface area contributed by atoms with E-state index in [4.69, 9.17) is 5.11 Å². The second-order valence-electron chi connectivity index (χ2n) is 4.11. The van der Waals surface area contributed by atoms with E-state index in [1.54, 1.807) is 0 Å². The lowest BCUT2D eigenvalue weighted by Crippen LogP contribution is -2.40. The van der Waals surface area contributed by atoms with Gasteiger partial charge in [0.25, 0.3) is 10.0 Å². The molecule has 1 N–H and O–H groups in total. The number of rotatable bonds is 3. The number of carboxylic acids is 1. The van der Waals surface area contributed by atoms with Crippen molar-refractivity contribution in [3.05, 3.63) is 0 Å². The molecule has 0 spiro atoms. The summed E-state index contributed by atoms with van der Waals surface area (Å²) in [5.41, 5.74) is 0. The van der Waals surface area contributed by atoms with Crippen LogP contribution in [0.3, 0.4) is 0 Å². The summed E-state index contributed by atoms with van der Waals surface area (Å²) in [6, 6.07) is -1.36. The molecule has 2 rings (SSSR count). The molecule has 3 unspecified atom stereocenters. The van der Waals surface area contributed by atoms with Crippen molar-refractivity contribution in [1.82, 2.24) is 4.31 Å². The maximum Gasteiger partial charge on any atom is 0.350 e. The summed E-state index contributed by atoms with van der Waals surface area (Å²) in [4.78, 5) is 10.8. The van der Waals surface area contributed by atoms with Crippen molar-refractivity contribution in [3.63, 3.8) is 0 Å². The van der Waals surface area contributed by atoms with Crippen LogP contribution >= 0.6 is 0 Å². The summed E-state index contributed by atoms with van der Waals surface area (Å²) >= 11 is 0. The van der Waals surface area contributed by atoms with E-state index in [9.17, 15) is 22.0 Å². The smallest absolute Gasteiger partial charge is 0.350 e. The van der Waals surface area contributed by atoms with Crippen molar-refractivity contribution in [1.29, 1.82) is 0 Å². The molecule has 2 aliphatic rings. The summed E-state index contributed by atoms with van der Waals surface area (Å²) < 4.78 is 48.2. The topological polar surface area (TPSA) is 74.7 Å². The van der Waals surface area contributed by atoms with Gasteiger partial charge in [-0.2, -0.15) is 13.1 Å². The highest BCUT2D eigenvalue weighted by atomic mass is 32.2. The Bertz CT molecular complexity index is 410. The van der Waals surface area contributed by atoms with Crippen LogP contribution in [0.5, 0.6) is 0 Å². The zero-order chi connectivity index (χ0) is 12.1. The Kier molecular flexibility index (Phi) is 2.66. The second kappa shape index (κ2) is 3.63. The molecule has 2 aliphatic heterocycles. The standard InChI is InChI=1S/C8H11F2NO4S/c9-8(10)16(14,15)11-4-1-2-6(11)5(3-4)7(12)13/h4-6,8H,1-3H2,(H,12,13). The third-order valence-corrected chi connectivity index (χ3v) is 4.92. The Morgan fingerprint density at radius 1 is 1.38 bits per heavy atom. The van der Waals surface area contributed by atoms with E-state index < -0.39 is 39.8 Å². The number of hydrogen-bond donors (Lipinski definition) is 1. The average Bonchev–Trinajstić information content (AvgIpc) is 2.73. The SMILES string of the molecule is O=C(O)C1CC2CCC1N2S(=O)(=O)C(F)F. The Labute approximate surface area is 91.1 Å². The van der Waals surface area contributed by atoms with Crippen LogP contribution in [-0.2, 0) is 14.8 Å². The minimum Gasteiger partial charge on any atom is -0.481 e. The van der Waals surface area contributed by atoms with Gasteiger partial charge in [-0.3, -0.25) is 4.79 Å². The molecule has 8 heteroatoms. The van der Waals surface area contributed by atoms with Crippen LogP contribution in [0.4, 0.5) is 8.78 Å². The molecule has 2 fully saturated rings. The molecule has 0 aliphatic carbocycles. The van der Waals surface area contributed by atoms with Crippen LogP contribution in [0, 0.1) is 5.92 Å². The van der Waals surface area contributed by atoms with Gasteiger partial charge < -0.3 is 5.11 Å². The van der Waals surface area contributed by atoms with Crippen molar-refractivity contribution in [2.24, 2.45) is 5.92 Å². The van der Waals surface area contributed by atoms with Crippen molar-refractivity contribution >= 4 is 16.0 Å². The number of carboxylic acid groups (broad SMARTS) is 1. The highest BCUT2D eigenvalue weighted by Gasteiger charge is 2.56. The number of carbonyl (C=O) groups is 1. The number of nitrogens with zero attached hydrogens (tertiary/aromatic N) is 1. The second-order valence-corrected chi connectivity index (χ2v) is 5.92. The zero-order valence-corrected chi connectivity index (χ0v) is 9.03. The average molecular weight is 255 g/mol. The summed E-state index contributed by atoms with van der Waals surface area (Å²) in [7, 11) is -4.64. The maximum absolute atomic E-state index is 12.4. The predicted octanol–water partition coefficient (Wildman–Crippen LogP) is 0.476. The number of hydrogen-bond acceptors (Lipinski definition) is 3. The highest BCUT2D eigenvalue weighted by Crippen LogP contribution is 2.44. The van der Waals surface area contributed by atoms with E-state index in [1.807, 2.05) is 0 Å². The summed E-state index contributed by atoms with van der Waals surface area (Å²) in [6.45, 7) is 0.